The number of nitrogens with two attached hydrogens (primary N) is 1. The van der Waals surface area contributed by atoms with Crippen molar-refractivity contribution in [1.29, 1.82) is 0 Å². The zero-order valence-electron chi connectivity index (χ0n) is 12.1. The van der Waals surface area contributed by atoms with Crippen LogP contribution in [0.5, 0.6) is 12.0 Å². The first kappa shape index (κ1) is 15.4. The van der Waals surface area contributed by atoms with Gasteiger partial charge in [0, 0.05) is 0 Å². The van der Waals surface area contributed by atoms with Crippen LogP contribution in [0.15, 0.2) is 0 Å². The quantitative estimate of drug-likeness (QED) is 0.575. The number of nitrogens with zero attached hydrogens (tertiary/aromatic N) is 3. The summed E-state index contributed by atoms with van der Waals surface area (Å²) in [5.41, 5.74) is 2.57. The highest BCUT2D eigenvalue weighted by Crippen LogP contribution is 2.19. The molecule has 0 aliphatic rings. The zero-order valence-corrected chi connectivity index (χ0v) is 12.1. The van der Waals surface area contributed by atoms with E-state index in [-0.39, 0.29) is 23.4 Å². The lowest BCUT2D eigenvalue weighted by Gasteiger charge is -2.17. The maximum atomic E-state index is 5.51. The van der Waals surface area contributed by atoms with Gasteiger partial charge in [0.05, 0.1) is 13.2 Å². The lowest BCUT2D eigenvalue weighted by atomic mass is 9.93. The van der Waals surface area contributed by atoms with Crippen LogP contribution in [0.2, 0.25) is 0 Å². The molecule has 0 aliphatic carbocycles. The van der Waals surface area contributed by atoms with Gasteiger partial charge in [0.1, 0.15) is 0 Å². The molecule has 0 unspecified atom stereocenters. The molecule has 0 aromatic carbocycles. The Hall–Kier alpha value is -1.63. The van der Waals surface area contributed by atoms with Gasteiger partial charge in [-0.3, -0.25) is 5.43 Å². The molecule has 0 aliphatic heterocycles. The van der Waals surface area contributed by atoms with Crippen molar-refractivity contribution in [3.63, 3.8) is 0 Å². The Morgan fingerprint density at radius 1 is 1.05 bits per heavy atom. The van der Waals surface area contributed by atoms with Gasteiger partial charge in [-0.05, 0) is 18.3 Å². The van der Waals surface area contributed by atoms with Gasteiger partial charge in [-0.2, -0.15) is 9.97 Å². The Bertz CT molecular complexity index is 392. The fraction of sp³-hybridized carbons (Fsp3) is 0.750. The summed E-state index contributed by atoms with van der Waals surface area (Å²) < 4.78 is 10.9. The van der Waals surface area contributed by atoms with E-state index in [9.17, 15) is 0 Å². The number of rotatable bonds is 7. The van der Waals surface area contributed by atoms with Crippen molar-refractivity contribution in [3.05, 3.63) is 0 Å². The standard InChI is InChI=1S/C12H23N5O2/c1-5-7-18-10-14-9(17-13)15-11(16-10)19-8-6-12(2,3)4/h5-8,13H2,1-4H3,(H,14,15,16,17). The SMILES string of the molecule is CCCOc1nc(NN)nc(OCCC(C)(C)C)n1. The summed E-state index contributed by atoms with van der Waals surface area (Å²) in [5, 5.41) is 0. The number of nitrogens with one attached hydrogen (secondary N) is 1. The summed E-state index contributed by atoms with van der Waals surface area (Å²) in [5.74, 6) is 5.53. The average Bonchev–Trinajstić information content (AvgIpc) is 2.34. The molecule has 7 heteroatoms. The van der Waals surface area contributed by atoms with Gasteiger partial charge in [0.15, 0.2) is 0 Å². The summed E-state index contributed by atoms with van der Waals surface area (Å²) >= 11 is 0. The first-order valence-corrected chi connectivity index (χ1v) is 6.43. The van der Waals surface area contributed by atoms with Gasteiger partial charge in [-0.25, -0.2) is 5.84 Å². The minimum atomic E-state index is 0.198. The highest BCUT2D eigenvalue weighted by molar-refractivity contribution is 5.25. The van der Waals surface area contributed by atoms with Gasteiger partial charge in [0.2, 0.25) is 5.95 Å². The molecule has 3 N–H and O–H groups in total. The van der Waals surface area contributed by atoms with Gasteiger partial charge >= 0.3 is 12.0 Å². The highest BCUT2D eigenvalue weighted by atomic mass is 16.5. The first-order chi connectivity index (χ1) is 8.94. The van der Waals surface area contributed by atoms with E-state index in [1.807, 2.05) is 6.92 Å². The van der Waals surface area contributed by atoms with Crippen molar-refractivity contribution in [3.8, 4) is 12.0 Å². The van der Waals surface area contributed by atoms with Crippen LogP contribution in [0.1, 0.15) is 40.5 Å². The van der Waals surface area contributed by atoms with E-state index in [4.69, 9.17) is 15.3 Å². The van der Waals surface area contributed by atoms with E-state index >= 15 is 0 Å². The average molecular weight is 269 g/mol. The van der Waals surface area contributed by atoms with Crippen molar-refractivity contribution in [1.82, 2.24) is 15.0 Å². The number of hydrogen-bond donors (Lipinski definition) is 2. The normalized spacial score (nSPS) is 11.2. The fourth-order valence-electron chi connectivity index (χ4n) is 1.17. The zero-order chi connectivity index (χ0) is 14.3. The molecule has 0 fully saturated rings. The summed E-state index contributed by atoms with van der Waals surface area (Å²) in [4.78, 5) is 12.1. The minimum Gasteiger partial charge on any atom is -0.463 e. The van der Waals surface area contributed by atoms with E-state index < -0.39 is 0 Å². The van der Waals surface area contributed by atoms with Crippen LogP contribution in [-0.4, -0.2) is 28.2 Å². The van der Waals surface area contributed by atoms with Crippen LogP contribution in [0.3, 0.4) is 0 Å². The van der Waals surface area contributed by atoms with E-state index in [1.165, 1.54) is 0 Å². The number of hydrogen-bond acceptors (Lipinski definition) is 7. The van der Waals surface area contributed by atoms with Gasteiger partial charge < -0.3 is 9.47 Å². The molecular weight excluding hydrogens is 246 g/mol. The lowest BCUT2D eigenvalue weighted by molar-refractivity contribution is 0.221. The molecule has 0 saturated carbocycles. The molecule has 7 nitrogen and oxygen atoms in total. The van der Waals surface area contributed by atoms with Gasteiger partial charge in [-0.15, -0.1) is 4.98 Å². The topological polar surface area (TPSA) is 95.2 Å². The van der Waals surface area contributed by atoms with Crippen molar-refractivity contribution in [2.24, 2.45) is 11.3 Å². The molecule has 1 rings (SSSR count). The fourth-order valence-corrected chi connectivity index (χ4v) is 1.17. The summed E-state index contributed by atoms with van der Waals surface area (Å²) in [6.45, 7) is 9.51. The number of hydrazine groups is 1. The van der Waals surface area contributed by atoms with Crippen molar-refractivity contribution < 1.29 is 9.47 Å². The minimum absolute atomic E-state index is 0.198. The van der Waals surface area contributed by atoms with E-state index in [2.05, 4.69) is 41.1 Å². The molecule has 0 atom stereocenters. The van der Waals surface area contributed by atoms with E-state index in [0.717, 1.165) is 12.8 Å². The molecule has 0 amide bonds. The molecule has 0 spiro atoms. The molecule has 0 radical (unpaired) electrons. The second kappa shape index (κ2) is 7.08. The first-order valence-electron chi connectivity index (χ1n) is 6.43. The van der Waals surface area contributed by atoms with E-state index in [0.29, 0.717) is 13.2 Å². The second-order valence-electron chi connectivity index (χ2n) is 5.38. The van der Waals surface area contributed by atoms with Gasteiger partial charge in [-0.1, -0.05) is 27.7 Å². The summed E-state index contributed by atoms with van der Waals surface area (Å²) in [6, 6.07) is 0.439. The van der Waals surface area contributed by atoms with Crippen molar-refractivity contribution in [2.75, 3.05) is 18.6 Å². The molecule has 1 aromatic rings. The Kier molecular flexibility index (Phi) is 5.75. The number of aromatic nitrogens is 3. The number of anilines is 1. The molecule has 1 heterocycles. The number of ether oxygens (including phenoxy) is 2. The third-order valence-corrected chi connectivity index (χ3v) is 2.24. The Balaban J connectivity index is 2.65. The smallest absolute Gasteiger partial charge is 0.324 e. The molecule has 108 valence electrons. The van der Waals surface area contributed by atoms with Gasteiger partial charge in [0.25, 0.3) is 0 Å². The third kappa shape index (κ3) is 6.19. The van der Waals surface area contributed by atoms with E-state index in [1.54, 1.807) is 0 Å². The van der Waals surface area contributed by atoms with Crippen molar-refractivity contribution in [2.45, 2.75) is 40.5 Å². The molecule has 0 bridgehead atoms. The molecule has 19 heavy (non-hydrogen) atoms. The third-order valence-electron chi connectivity index (χ3n) is 2.24. The molecule has 0 saturated heterocycles. The molecular formula is C12H23N5O2. The maximum Gasteiger partial charge on any atom is 0.324 e. The van der Waals surface area contributed by atoms with Crippen LogP contribution in [-0.2, 0) is 0 Å². The predicted molar refractivity (Wildman–Crippen MR) is 73.0 cm³/mol. The Morgan fingerprint density at radius 3 is 2.11 bits per heavy atom. The number of nitrogen functional groups attached to an aromatic ring is 1. The summed E-state index contributed by atoms with van der Waals surface area (Å²) in [6.07, 6.45) is 1.77. The lowest BCUT2D eigenvalue weighted by Crippen LogP contribution is -2.15. The van der Waals surface area contributed by atoms with Crippen LogP contribution in [0.4, 0.5) is 5.95 Å². The predicted octanol–water partition coefficient (Wildman–Crippen LogP) is 1.76. The van der Waals surface area contributed by atoms with Crippen LogP contribution in [0, 0.1) is 5.41 Å². The highest BCUT2D eigenvalue weighted by Gasteiger charge is 2.12. The van der Waals surface area contributed by atoms with Crippen molar-refractivity contribution >= 4 is 5.95 Å². The summed E-state index contributed by atoms with van der Waals surface area (Å²) in [7, 11) is 0. The largest absolute Gasteiger partial charge is 0.463 e. The second-order valence-corrected chi connectivity index (χ2v) is 5.38. The van der Waals surface area contributed by atoms with Crippen LogP contribution < -0.4 is 20.7 Å². The van der Waals surface area contributed by atoms with Crippen LogP contribution in [0.25, 0.3) is 0 Å². The monoisotopic (exact) mass is 269 g/mol. The Morgan fingerprint density at radius 2 is 1.63 bits per heavy atom. The molecule has 1 aromatic heterocycles. The Labute approximate surface area is 113 Å². The van der Waals surface area contributed by atoms with Crippen LogP contribution >= 0.6 is 0 Å². The maximum absolute atomic E-state index is 5.51.